The molecule has 0 aromatic heterocycles. The number of benzene rings is 3. The maximum Gasteiger partial charge on any atom is 0.432 e. The molecular weight excluding hydrogens is 528 g/mol. The maximum absolute atomic E-state index is 14.9. The molecule has 1 aliphatic carbocycles. The first-order valence-electron chi connectivity index (χ1n) is 13.0. The van der Waals surface area contributed by atoms with Crippen molar-refractivity contribution < 1.29 is 39.9 Å². The summed E-state index contributed by atoms with van der Waals surface area (Å²) >= 11 is 0. The Hall–Kier alpha value is -3.10. The van der Waals surface area contributed by atoms with Crippen molar-refractivity contribution in [3.8, 4) is 16.9 Å². The Labute approximate surface area is 221 Å². The van der Waals surface area contributed by atoms with Crippen molar-refractivity contribution in [2.45, 2.75) is 64.4 Å². The monoisotopic (exact) mass is 556 g/mol. The molecule has 0 heterocycles. The van der Waals surface area contributed by atoms with Gasteiger partial charge >= 0.3 is 6.11 Å². The van der Waals surface area contributed by atoms with Gasteiger partial charge in [0.25, 0.3) is 0 Å². The van der Waals surface area contributed by atoms with E-state index in [9.17, 15) is 35.1 Å². The minimum Gasteiger partial charge on any atom is -0.429 e. The summed E-state index contributed by atoms with van der Waals surface area (Å²) in [6.07, 6.45) is 3.99. The van der Waals surface area contributed by atoms with Gasteiger partial charge in [0.1, 0.15) is 28.8 Å². The summed E-state index contributed by atoms with van der Waals surface area (Å²) in [6, 6.07) is 5.53. The Morgan fingerprint density at radius 2 is 1.28 bits per heavy atom. The SMILES string of the molecule is CCCC1CCC(CCc2ccc(-c3cc(F)c(C(F)(F)Oc4cc(F)c(F)c(F)c4)c(F)c3)c(F)c2)CC1. The molecular formula is C30H28F8O. The smallest absolute Gasteiger partial charge is 0.429 e. The van der Waals surface area contributed by atoms with E-state index in [1.165, 1.54) is 37.8 Å². The van der Waals surface area contributed by atoms with E-state index in [1.54, 1.807) is 6.07 Å². The van der Waals surface area contributed by atoms with Gasteiger partial charge in [-0.1, -0.05) is 57.6 Å². The molecule has 0 bridgehead atoms. The second-order valence-electron chi connectivity index (χ2n) is 10.2. The number of hydrogen-bond donors (Lipinski definition) is 0. The van der Waals surface area contributed by atoms with Crippen LogP contribution >= 0.6 is 0 Å². The van der Waals surface area contributed by atoms with Gasteiger partial charge in [0.15, 0.2) is 17.5 Å². The van der Waals surface area contributed by atoms with Crippen molar-refractivity contribution >= 4 is 0 Å². The lowest BCUT2D eigenvalue weighted by Crippen LogP contribution is -2.25. The zero-order valence-corrected chi connectivity index (χ0v) is 21.3. The molecule has 0 unspecified atom stereocenters. The summed E-state index contributed by atoms with van der Waals surface area (Å²) in [4.78, 5) is 0. The van der Waals surface area contributed by atoms with Crippen LogP contribution in [0.25, 0.3) is 11.1 Å². The Morgan fingerprint density at radius 3 is 1.82 bits per heavy atom. The lowest BCUT2D eigenvalue weighted by Gasteiger charge is -2.28. The molecule has 1 fully saturated rings. The van der Waals surface area contributed by atoms with E-state index in [1.807, 2.05) is 0 Å². The van der Waals surface area contributed by atoms with Crippen molar-refractivity contribution in [1.82, 2.24) is 0 Å². The highest BCUT2D eigenvalue weighted by Gasteiger charge is 2.41. The Kier molecular flexibility index (Phi) is 8.86. The molecule has 4 rings (SSSR count). The van der Waals surface area contributed by atoms with E-state index in [4.69, 9.17) is 0 Å². The molecule has 3 aromatic rings. The van der Waals surface area contributed by atoms with Crippen molar-refractivity contribution in [3.63, 3.8) is 0 Å². The van der Waals surface area contributed by atoms with Crippen molar-refractivity contribution in [1.29, 1.82) is 0 Å². The summed E-state index contributed by atoms with van der Waals surface area (Å²) in [5.74, 6) is -9.68. The molecule has 0 radical (unpaired) electrons. The third kappa shape index (κ3) is 6.73. The molecule has 0 spiro atoms. The predicted molar refractivity (Wildman–Crippen MR) is 131 cm³/mol. The lowest BCUT2D eigenvalue weighted by atomic mass is 9.78. The van der Waals surface area contributed by atoms with Crippen LogP contribution in [-0.4, -0.2) is 0 Å². The molecule has 1 saturated carbocycles. The fourth-order valence-electron chi connectivity index (χ4n) is 5.33. The number of halogens is 8. The summed E-state index contributed by atoms with van der Waals surface area (Å²) in [5.41, 5.74) is -1.62. The van der Waals surface area contributed by atoms with Crippen LogP contribution in [0.15, 0.2) is 42.5 Å². The average Bonchev–Trinajstić information content (AvgIpc) is 2.86. The summed E-state index contributed by atoms with van der Waals surface area (Å²) in [6.45, 7) is 2.19. The van der Waals surface area contributed by atoms with Crippen LogP contribution in [0.3, 0.4) is 0 Å². The standard InChI is InChI=1S/C30H28F8O/c1-2-3-17-4-6-18(7-5-17)8-9-19-10-11-22(23(31)12-19)20-13-24(32)28(25(33)14-20)30(37,38)39-21-15-26(34)29(36)27(35)16-21/h10-18H,2-9H2,1H3. The van der Waals surface area contributed by atoms with E-state index in [-0.39, 0.29) is 23.3 Å². The summed E-state index contributed by atoms with van der Waals surface area (Å²) in [5, 5.41) is 0. The first-order chi connectivity index (χ1) is 18.5. The number of hydrogen-bond acceptors (Lipinski definition) is 1. The quantitative estimate of drug-likeness (QED) is 0.188. The molecule has 0 atom stereocenters. The number of rotatable bonds is 9. The minimum absolute atomic E-state index is 0.116. The topological polar surface area (TPSA) is 9.23 Å². The van der Waals surface area contributed by atoms with Crippen LogP contribution in [0.2, 0.25) is 0 Å². The van der Waals surface area contributed by atoms with Gasteiger partial charge < -0.3 is 4.74 Å². The van der Waals surface area contributed by atoms with Gasteiger partial charge in [-0.05, 0) is 54.0 Å². The van der Waals surface area contributed by atoms with Gasteiger partial charge in [-0.2, -0.15) is 8.78 Å². The first kappa shape index (κ1) is 28.9. The molecule has 9 heteroatoms. The zero-order valence-electron chi connectivity index (χ0n) is 21.3. The first-order valence-corrected chi connectivity index (χ1v) is 13.0. The third-order valence-corrected chi connectivity index (χ3v) is 7.39. The highest BCUT2D eigenvalue weighted by atomic mass is 19.3. The van der Waals surface area contributed by atoms with Gasteiger partial charge in [-0.3, -0.25) is 0 Å². The largest absolute Gasteiger partial charge is 0.432 e. The molecule has 1 aliphatic rings. The van der Waals surface area contributed by atoms with E-state index < -0.39 is 52.3 Å². The number of ether oxygens (including phenoxy) is 1. The zero-order chi connectivity index (χ0) is 28.3. The van der Waals surface area contributed by atoms with Crippen molar-refractivity contribution in [3.05, 3.63) is 88.5 Å². The van der Waals surface area contributed by atoms with Crippen LogP contribution in [0.1, 0.15) is 63.0 Å². The lowest BCUT2D eigenvalue weighted by molar-refractivity contribution is -0.189. The van der Waals surface area contributed by atoms with Gasteiger partial charge in [-0.25, -0.2) is 26.3 Å². The molecule has 0 amide bonds. The van der Waals surface area contributed by atoms with Gasteiger partial charge in [0.05, 0.1) is 0 Å². The fourth-order valence-corrected chi connectivity index (χ4v) is 5.33. The number of aryl methyl sites for hydroxylation is 1. The summed E-state index contributed by atoms with van der Waals surface area (Å²) < 4.78 is 117. The van der Waals surface area contributed by atoms with Gasteiger partial charge in [-0.15, -0.1) is 0 Å². The Morgan fingerprint density at radius 1 is 0.718 bits per heavy atom. The van der Waals surface area contributed by atoms with Crippen LogP contribution in [-0.2, 0) is 12.5 Å². The maximum atomic E-state index is 14.9. The van der Waals surface area contributed by atoms with Crippen LogP contribution in [0, 0.1) is 46.7 Å². The highest BCUT2D eigenvalue weighted by molar-refractivity contribution is 5.65. The fraction of sp³-hybridized carbons (Fsp3) is 0.400. The Bertz CT molecular complexity index is 1270. The van der Waals surface area contributed by atoms with E-state index in [0.717, 1.165) is 30.7 Å². The Balaban J connectivity index is 1.47. The highest BCUT2D eigenvalue weighted by Crippen LogP contribution is 2.38. The van der Waals surface area contributed by atoms with E-state index >= 15 is 0 Å². The average molecular weight is 557 g/mol. The molecule has 0 aliphatic heterocycles. The predicted octanol–water partition coefficient (Wildman–Crippen LogP) is 9.86. The van der Waals surface area contributed by atoms with Crippen molar-refractivity contribution in [2.75, 3.05) is 0 Å². The molecule has 39 heavy (non-hydrogen) atoms. The minimum atomic E-state index is -4.72. The van der Waals surface area contributed by atoms with Gasteiger partial charge in [0, 0.05) is 17.7 Å². The van der Waals surface area contributed by atoms with Crippen LogP contribution in [0.5, 0.6) is 5.75 Å². The third-order valence-electron chi connectivity index (χ3n) is 7.39. The van der Waals surface area contributed by atoms with E-state index in [2.05, 4.69) is 11.7 Å². The molecule has 210 valence electrons. The summed E-state index contributed by atoms with van der Waals surface area (Å²) in [7, 11) is 0. The normalized spacial score (nSPS) is 17.9. The number of alkyl halides is 2. The molecule has 1 nitrogen and oxygen atoms in total. The van der Waals surface area contributed by atoms with Gasteiger partial charge in [0.2, 0.25) is 0 Å². The second kappa shape index (κ2) is 12.0. The second-order valence-corrected chi connectivity index (χ2v) is 10.2. The molecule has 0 saturated heterocycles. The van der Waals surface area contributed by atoms with E-state index in [0.29, 0.717) is 24.5 Å². The van der Waals surface area contributed by atoms with Crippen molar-refractivity contribution in [2.24, 2.45) is 11.8 Å². The van der Waals surface area contributed by atoms with Crippen LogP contribution in [0.4, 0.5) is 35.1 Å². The van der Waals surface area contributed by atoms with Crippen LogP contribution < -0.4 is 4.74 Å². The molecule has 3 aromatic carbocycles. The molecule has 0 N–H and O–H groups in total.